The average molecular weight is 380 g/mol. The fourth-order valence-electron chi connectivity index (χ4n) is 4.94. The summed E-state index contributed by atoms with van der Waals surface area (Å²) in [6.45, 7) is 5.05. The third-order valence-electron chi connectivity index (χ3n) is 6.97. The van der Waals surface area contributed by atoms with Crippen LogP contribution >= 0.6 is 0 Å². The summed E-state index contributed by atoms with van der Waals surface area (Å²) in [6.07, 6.45) is 6.49. The standard InChI is InChI=1S/C23H29N3O2/c1-16(15-28-18-5-3-2-4-6-18)26-13-11-23(12-14-26)10-9-19-20(23)24-21(17-7-8-17)25-22(19)27/h2-6,16-17H,7-15H2,1H3,(H,24,25,27). The Kier molecular flexibility index (Phi) is 4.50. The van der Waals surface area contributed by atoms with Gasteiger partial charge in [-0.15, -0.1) is 0 Å². The molecule has 5 heteroatoms. The van der Waals surface area contributed by atoms with E-state index in [2.05, 4.69) is 16.8 Å². The summed E-state index contributed by atoms with van der Waals surface area (Å²) in [5, 5.41) is 0. The fourth-order valence-corrected chi connectivity index (χ4v) is 4.94. The Morgan fingerprint density at radius 3 is 2.68 bits per heavy atom. The van der Waals surface area contributed by atoms with Gasteiger partial charge in [-0.25, -0.2) is 4.98 Å². The molecule has 2 aliphatic carbocycles. The number of H-pyrrole nitrogens is 1. The molecule has 0 amide bonds. The molecule has 5 rings (SSSR count). The number of rotatable bonds is 5. The molecule has 5 nitrogen and oxygen atoms in total. The van der Waals surface area contributed by atoms with Gasteiger partial charge in [0.1, 0.15) is 18.2 Å². The van der Waals surface area contributed by atoms with E-state index in [0.717, 1.165) is 61.6 Å². The Balaban J connectivity index is 1.26. The molecule has 28 heavy (non-hydrogen) atoms. The molecular formula is C23H29N3O2. The summed E-state index contributed by atoms with van der Waals surface area (Å²) >= 11 is 0. The highest BCUT2D eigenvalue weighted by atomic mass is 16.5. The van der Waals surface area contributed by atoms with Crippen LogP contribution in [-0.4, -0.2) is 40.6 Å². The molecule has 1 aromatic carbocycles. The second-order valence-electron chi connectivity index (χ2n) is 8.84. The summed E-state index contributed by atoms with van der Waals surface area (Å²) in [7, 11) is 0. The monoisotopic (exact) mass is 379 g/mol. The summed E-state index contributed by atoms with van der Waals surface area (Å²) in [4.78, 5) is 23.1. The zero-order valence-corrected chi connectivity index (χ0v) is 16.6. The molecule has 1 saturated carbocycles. The largest absolute Gasteiger partial charge is 0.492 e. The first-order valence-corrected chi connectivity index (χ1v) is 10.7. The minimum atomic E-state index is 0.115. The molecule has 1 aliphatic heterocycles. The molecule has 1 atom stereocenters. The van der Waals surface area contributed by atoms with Gasteiger partial charge in [0.05, 0.1) is 5.69 Å². The van der Waals surface area contributed by atoms with Crippen LogP contribution in [0.25, 0.3) is 0 Å². The van der Waals surface area contributed by atoms with E-state index in [9.17, 15) is 4.79 Å². The third-order valence-corrected chi connectivity index (χ3v) is 6.97. The van der Waals surface area contributed by atoms with Crippen LogP contribution in [-0.2, 0) is 11.8 Å². The molecule has 2 aromatic rings. The Bertz CT molecular complexity index is 896. The highest BCUT2D eigenvalue weighted by molar-refractivity contribution is 5.34. The Morgan fingerprint density at radius 1 is 1.21 bits per heavy atom. The number of piperidine rings is 1. The summed E-state index contributed by atoms with van der Waals surface area (Å²) < 4.78 is 5.96. The van der Waals surface area contributed by atoms with Crippen molar-refractivity contribution >= 4 is 0 Å². The van der Waals surface area contributed by atoms with Crippen LogP contribution in [0.1, 0.15) is 62.0 Å². The third kappa shape index (κ3) is 3.26. The van der Waals surface area contributed by atoms with Gasteiger partial charge in [0, 0.05) is 22.9 Å². The van der Waals surface area contributed by atoms with Gasteiger partial charge in [0.15, 0.2) is 0 Å². The molecular weight excluding hydrogens is 350 g/mol. The molecule has 148 valence electrons. The lowest BCUT2D eigenvalue weighted by atomic mass is 9.76. The van der Waals surface area contributed by atoms with E-state index in [-0.39, 0.29) is 11.0 Å². The van der Waals surface area contributed by atoms with Crippen molar-refractivity contribution in [1.82, 2.24) is 14.9 Å². The maximum atomic E-state index is 12.6. The van der Waals surface area contributed by atoms with Crippen molar-refractivity contribution in [2.75, 3.05) is 19.7 Å². The highest BCUT2D eigenvalue weighted by Gasteiger charge is 2.45. The van der Waals surface area contributed by atoms with Crippen molar-refractivity contribution in [3.63, 3.8) is 0 Å². The highest BCUT2D eigenvalue weighted by Crippen LogP contribution is 2.46. The fraction of sp³-hybridized carbons (Fsp3) is 0.565. The van der Waals surface area contributed by atoms with Gasteiger partial charge in [0.25, 0.3) is 5.56 Å². The predicted molar refractivity (Wildman–Crippen MR) is 109 cm³/mol. The van der Waals surface area contributed by atoms with Gasteiger partial charge < -0.3 is 9.72 Å². The van der Waals surface area contributed by atoms with Crippen LogP contribution in [0.2, 0.25) is 0 Å². The van der Waals surface area contributed by atoms with Crippen LogP contribution in [0.4, 0.5) is 0 Å². The van der Waals surface area contributed by atoms with Crippen LogP contribution in [0.5, 0.6) is 5.75 Å². The minimum Gasteiger partial charge on any atom is -0.492 e. The van der Waals surface area contributed by atoms with Crippen LogP contribution in [0, 0.1) is 0 Å². The lowest BCUT2D eigenvalue weighted by Gasteiger charge is -2.41. The van der Waals surface area contributed by atoms with Crippen LogP contribution in [0.15, 0.2) is 35.1 Å². The Labute approximate surface area is 166 Å². The molecule has 1 spiro atoms. The smallest absolute Gasteiger partial charge is 0.254 e. The van der Waals surface area contributed by atoms with Gasteiger partial charge >= 0.3 is 0 Å². The van der Waals surface area contributed by atoms with Crippen molar-refractivity contribution in [2.24, 2.45) is 0 Å². The van der Waals surface area contributed by atoms with Crippen molar-refractivity contribution in [3.8, 4) is 5.75 Å². The number of benzene rings is 1. The Hall–Kier alpha value is -2.14. The molecule has 1 aromatic heterocycles. The van der Waals surface area contributed by atoms with Crippen molar-refractivity contribution < 1.29 is 4.74 Å². The number of para-hydroxylation sites is 1. The first-order chi connectivity index (χ1) is 13.6. The van der Waals surface area contributed by atoms with E-state index in [0.29, 0.717) is 18.6 Å². The number of hydrogen-bond donors (Lipinski definition) is 1. The zero-order valence-electron chi connectivity index (χ0n) is 16.6. The molecule has 0 bridgehead atoms. The maximum absolute atomic E-state index is 12.6. The lowest BCUT2D eigenvalue weighted by molar-refractivity contribution is 0.0903. The number of aromatic nitrogens is 2. The number of ether oxygens (including phenoxy) is 1. The molecule has 0 radical (unpaired) electrons. The number of aromatic amines is 1. The molecule has 3 aliphatic rings. The van der Waals surface area contributed by atoms with E-state index in [1.807, 2.05) is 30.3 Å². The van der Waals surface area contributed by atoms with Gasteiger partial charge in [-0.2, -0.15) is 0 Å². The number of likely N-dealkylation sites (tertiary alicyclic amines) is 1. The second kappa shape index (κ2) is 7.03. The van der Waals surface area contributed by atoms with E-state index < -0.39 is 0 Å². The lowest BCUT2D eigenvalue weighted by Crippen LogP contribution is -2.47. The van der Waals surface area contributed by atoms with Gasteiger partial charge in [-0.1, -0.05) is 18.2 Å². The number of nitrogens with zero attached hydrogens (tertiary/aromatic N) is 2. The van der Waals surface area contributed by atoms with Gasteiger partial charge in [-0.05, 0) is 70.7 Å². The van der Waals surface area contributed by atoms with Crippen molar-refractivity contribution in [2.45, 2.75) is 62.8 Å². The number of fused-ring (bicyclic) bond motifs is 2. The molecule has 2 heterocycles. The second-order valence-corrected chi connectivity index (χ2v) is 8.84. The summed E-state index contributed by atoms with van der Waals surface area (Å²) in [5.41, 5.74) is 2.32. The molecule has 1 saturated heterocycles. The van der Waals surface area contributed by atoms with Crippen molar-refractivity contribution in [3.05, 3.63) is 57.8 Å². The number of hydrogen-bond acceptors (Lipinski definition) is 4. The zero-order chi connectivity index (χ0) is 19.1. The van der Waals surface area contributed by atoms with Gasteiger partial charge in [-0.3, -0.25) is 9.69 Å². The predicted octanol–water partition coefficient (Wildman–Crippen LogP) is 3.39. The van der Waals surface area contributed by atoms with Crippen molar-refractivity contribution in [1.29, 1.82) is 0 Å². The van der Waals surface area contributed by atoms with E-state index >= 15 is 0 Å². The molecule has 1 N–H and O–H groups in total. The Morgan fingerprint density at radius 2 is 1.96 bits per heavy atom. The van der Waals surface area contributed by atoms with Gasteiger partial charge in [0.2, 0.25) is 0 Å². The summed E-state index contributed by atoms with van der Waals surface area (Å²) in [6, 6.07) is 10.4. The SMILES string of the molecule is CC(COc1ccccc1)N1CCC2(CCc3c2nc(C2CC2)[nH]c3=O)CC1. The topological polar surface area (TPSA) is 58.2 Å². The normalized spacial score (nSPS) is 22.2. The molecule has 1 unspecified atom stereocenters. The van der Waals surface area contributed by atoms with Crippen LogP contribution < -0.4 is 10.3 Å². The molecule has 2 fully saturated rings. The van der Waals surface area contributed by atoms with E-state index in [1.165, 1.54) is 12.8 Å². The number of nitrogens with one attached hydrogen (secondary N) is 1. The first-order valence-electron chi connectivity index (χ1n) is 10.7. The minimum absolute atomic E-state index is 0.115. The van der Waals surface area contributed by atoms with E-state index in [4.69, 9.17) is 9.72 Å². The van der Waals surface area contributed by atoms with E-state index in [1.54, 1.807) is 0 Å². The summed E-state index contributed by atoms with van der Waals surface area (Å²) in [5.74, 6) is 2.37. The van der Waals surface area contributed by atoms with Crippen LogP contribution in [0.3, 0.4) is 0 Å². The quantitative estimate of drug-likeness (QED) is 0.865. The first kappa shape index (κ1) is 17.9. The average Bonchev–Trinajstić information content (AvgIpc) is 3.52. The maximum Gasteiger partial charge on any atom is 0.254 e.